The third-order valence-corrected chi connectivity index (χ3v) is 5.49. The van der Waals surface area contributed by atoms with Crippen LogP contribution in [0, 0.1) is 6.92 Å². The Hall–Kier alpha value is -2.21. The van der Waals surface area contributed by atoms with Crippen LogP contribution in [0.3, 0.4) is 0 Å². The van der Waals surface area contributed by atoms with Crippen LogP contribution in [0.1, 0.15) is 43.0 Å². The number of hydrogen-bond donors (Lipinski definition) is 0. The minimum atomic E-state index is -0.502. The highest BCUT2D eigenvalue weighted by Gasteiger charge is 2.36. The molecule has 1 atom stereocenters. The van der Waals surface area contributed by atoms with E-state index in [2.05, 4.69) is 16.7 Å². The Balaban J connectivity index is 2.06. The van der Waals surface area contributed by atoms with E-state index in [4.69, 9.17) is 9.47 Å². The van der Waals surface area contributed by atoms with Crippen molar-refractivity contribution in [2.45, 2.75) is 24.5 Å². The van der Waals surface area contributed by atoms with E-state index < -0.39 is 11.9 Å². The van der Waals surface area contributed by atoms with Gasteiger partial charge in [0.2, 0.25) is 0 Å². The van der Waals surface area contributed by atoms with Crippen molar-refractivity contribution in [3.8, 4) is 0 Å². The summed E-state index contributed by atoms with van der Waals surface area (Å²) in [6, 6.07) is 10.2. The molecule has 0 saturated carbocycles. The summed E-state index contributed by atoms with van der Waals surface area (Å²) in [6.45, 7) is 1.85. The summed E-state index contributed by atoms with van der Waals surface area (Å²) in [5, 5.41) is 0.143. The predicted molar refractivity (Wildman–Crippen MR) is 92.3 cm³/mol. The summed E-state index contributed by atoms with van der Waals surface area (Å²) in [7, 11) is 2.65. The van der Waals surface area contributed by atoms with Crippen LogP contribution < -0.4 is 0 Å². The van der Waals surface area contributed by atoms with Crippen LogP contribution in [0.2, 0.25) is 0 Å². The Morgan fingerprint density at radius 2 is 1.75 bits per heavy atom. The molecule has 0 N–H and O–H groups in total. The lowest BCUT2D eigenvalue weighted by molar-refractivity contribution is 0.0555. The van der Waals surface area contributed by atoms with Crippen molar-refractivity contribution in [2.24, 2.45) is 0 Å². The molecule has 1 aliphatic heterocycles. The standard InChI is InChI=1S/C18H19NO4S/c1-11-15(17(20)22-2)16(18(21)23-3)13-10-24-14(19(11)13)9-12-7-5-4-6-8-12/h4-8,14H,9-10H2,1-3H3/t14-/m1/s1. The zero-order valence-corrected chi connectivity index (χ0v) is 14.7. The van der Waals surface area contributed by atoms with E-state index in [1.54, 1.807) is 11.8 Å². The topological polar surface area (TPSA) is 57.5 Å². The fourth-order valence-corrected chi connectivity index (χ4v) is 4.57. The summed E-state index contributed by atoms with van der Waals surface area (Å²) in [5.41, 5.74) is 3.46. The molecular weight excluding hydrogens is 326 g/mol. The molecule has 2 aromatic rings. The van der Waals surface area contributed by atoms with Crippen LogP contribution in [0.25, 0.3) is 0 Å². The summed E-state index contributed by atoms with van der Waals surface area (Å²) in [5.74, 6) is -0.328. The maximum Gasteiger partial charge on any atom is 0.340 e. The third kappa shape index (κ3) is 2.71. The number of aromatic nitrogens is 1. The van der Waals surface area contributed by atoms with Gasteiger partial charge in [0, 0.05) is 23.6 Å². The van der Waals surface area contributed by atoms with E-state index in [1.165, 1.54) is 19.8 Å². The van der Waals surface area contributed by atoms with Crippen molar-refractivity contribution in [2.75, 3.05) is 14.2 Å². The Labute approximate surface area is 144 Å². The van der Waals surface area contributed by atoms with Crippen LogP contribution in [-0.2, 0) is 21.6 Å². The number of esters is 2. The first kappa shape index (κ1) is 16.6. The predicted octanol–water partition coefficient (Wildman–Crippen LogP) is 3.36. The molecule has 0 saturated heterocycles. The largest absolute Gasteiger partial charge is 0.465 e. The second kappa shape index (κ2) is 6.73. The fourth-order valence-electron chi connectivity index (χ4n) is 3.19. The summed E-state index contributed by atoms with van der Waals surface area (Å²) < 4.78 is 11.8. The number of hydrogen-bond acceptors (Lipinski definition) is 5. The van der Waals surface area contributed by atoms with Gasteiger partial charge in [-0.15, -0.1) is 11.8 Å². The van der Waals surface area contributed by atoms with Crippen LogP contribution in [-0.4, -0.2) is 30.7 Å². The molecule has 1 aromatic carbocycles. The van der Waals surface area contributed by atoms with E-state index in [0.717, 1.165) is 17.8 Å². The monoisotopic (exact) mass is 345 g/mol. The van der Waals surface area contributed by atoms with Gasteiger partial charge in [0.05, 0.1) is 30.7 Å². The van der Waals surface area contributed by atoms with Gasteiger partial charge in [-0.25, -0.2) is 9.59 Å². The Bertz CT molecular complexity index is 782. The van der Waals surface area contributed by atoms with Crippen LogP contribution in [0.4, 0.5) is 0 Å². The van der Waals surface area contributed by atoms with Gasteiger partial charge in [-0.05, 0) is 12.5 Å². The number of benzene rings is 1. The van der Waals surface area contributed by atoms with Gasteiger partial charge in [0.15, 0.2) is 0 Å². The highest BCUT2D eigenvalue weighted by atomic mass is 32.2. The third-order valence-electron chi connectivity index (χ3n) is 4.29. The van der Waals surface area contributed by atoms with E-state index in [-0.39, 0.29) is 5.37 Å². The lowest BCUT2D eigenvalue weighted by Gasteiger charge is -2.15. The van der Waals surface area contributed by atoms with Gasteiger partial charge in [-0.3, -0.25) is 0 Å². The second-order valence-corrected chi connectivity index (χ2v) is 6.76. The lowest BCUT2D eigenvalue weighted by atomic mass is 10.1. The summed E-state index contributed by atoms with van der Waals surface area (Å²) >= 11 is 1.76. The number of ether oxygens (including phenoxy) is 2. The van der Waals surface area contributed by atoms with Gasteiger partial charge in [-0.2, -0.15) is 0 Å². The first-order chi connectivity index (χ1) is 11.6. The first-order valence-electron chi connectivity index (χ1n) is 7.64. The van der Waals surface area contributed by atoms with Crippen LogP contribution >= 0.6 is 11.8 Å². The van der Waals surface area contributed by atoms with Gasteiger partial charge in [-0.1, -0.05) is 30.3 Å². The molecule has 6 heteroatoms. The molecule has 1 aliphatic rings. The van der Waals surface area contributed by atoms with E-state index in [1.807, 2.05) is 25.1 Å². The summed E-state index contributed by atoms with van der Waals surface area (Å²) in [4.78, 5) is 24.4. The van der Waals surface area contributed by atoms with Gasteiger partial charge in [0.1, 0.15) is 0 Å². The molecule has 0 radical (unpaired) electrons. The Morgan fingerprint density at radius 3 is 2.38 bits per heavy atom. The van der Waals surface area contributed by atoms with E-state index in [9.17, 15) is 9.59 Å². The van der Waals surface area contributed by atoms with Crippen molar-refractivity contribution < 1.29 is 19.1 Å². The van der Waals surface area contributed by atoms with Crippen molar-refractivity contribution in [1.29, 1.82) is 0 Å². The van der Waals surface area contributed by atoms with Gasteiger partial charge < -0.3 is 14.0 Å². The quantitative estimate of drug-likeness (QED) is 0.795. The maximum absolute atomic E-state index is 12.2. The van der Waals surface area contributed by atoms with Gasteiger partial charge >= 0.3 is 11.9 Å². The number of carbonyl (C=O) groups excluding carboxylic acids is 2. The molecule has 5 nitrogen and oxygen atoms in total. The second-order valence-electron chi connectivity index (χ2n) is 5.59. The average Bonchev–Trinajstić information content (AvgIpc) is 3.13. The average molecular weight is 345 g/mol. The molecule has 0 amide bonds. The molecule has 126 valence electrons. The maximum atomic E-state index is 12.2. The number of carbonyl (C=O) groups is 2. The molecule has 0 spiro atoms. The molecular formula is C18H19NO4S. The zero-order valence-electron chi connectivity index (χ0n) is 13.9. The summed E-state index contributed by atoms with van der Waals surface area (Å²) in [6.07, 6.45) is 0.829. The highest BCUT2D eigenvalue weighted by molar-refractivity contribution is 7.98. The smallest absolute Gasteiger partial charge is 0.340 e. The van der Waals surface area contributed by atoms with Gasteiger partial charge in [0.25, 0.3) is 0 Å². The first-order valence-corrected chi connectivity index (χ1v) is 8.69. The molecule has 0 fully saturated rings. The SMILES string of the molecule is COC(=O)c1c(C(=O)OC)c2n(c1C)[C@@H](Cc1ccccc1)SC2. The van der Waals surface area contributed by atoms with Crippen LogP contribution in [0.5, 0.6) is 0 Å². The molecule has 2 heterocycles. The zero-order chi connectivity index (χ0) is 17.3. The van der Waals surface area contributed by atoms with Crippen molar-refractivity contribution in [3.05, 3.63) is 58.4 Å². The van der Waals surface area contributed by atoms with E-state index in [0.29, 0.717) is 16.9 Å². The highest BCUT2D eigenvalue weighted by Crippen LogP contribution is 2.43. The number of fused-ring (bicyclic) bond motifs is 1. The molecule has 24 heavy (non-hydrogen) atoms. The molecule has 0 bridgehead atoms. The number of nitrogens with zero attached hydrogens (tertiary/aromatic N) is 1. The number of methoxy groups -OCH3 is 2. The lowest BCUT2D eigenvalue weighted by Crippen LogP contribution is -2.12. The normalized spacial score (nSPS) is 15.9. The van der Waals surface area contributed by atoms with Crippen LogP contribution in [0.15, 0.2) is 30.3 Å². The number of rotatable bonds is 4. The van der Waals surface area contributed by atoms with Crippen molar-refractivity contribution in [3.63, 3.8) is 0 Å². The van der Waals surface area contributed by atoms with E-state index >= 15 is 0 Å². The Kier molecular flexibility index (Phi) is 4.66. The molecule has 1 aromatic heterocycles. The number of thioether (sulfide) groups is 1. The fraction of sp³-hybridized carbons (Fsp3) is 0.333. The Morgan fingerprint density at radius 1 is 1.12 bits per heavy atom. The minimum Gasteiger partial charge on any atom is -0.465 e. The van der Waals surface area contributed by atoms with Crippen molar-refractivity contribution >= 4 is 23.7 Å². The minimum absolute atomic E-state index is 0.143. The molecule has 3 rings (SSSR count). The molecule has 0 aliphatic carbocycles. The van der Waals surface area contributed by atoms with Crippen molar-refractivity contribution in [1.82, 2.24) is 4.57 Å². The molecule has 0 unspecified atom stereocenters.